The molecule has 0 saturated heterocycles. The number of rotatable bonds is 4. The largest absolute Gasteiger partial charge is 0.495 e. The highest BCUT2D eigenvalue weighted by Crippen LogP contribution is 2.30. The summed E-state index contributed by atoms with van der Waals surface area (Å²) in [6.07, 6.45) is 1.20. The number of hydrogen-bond donors (Lipinski definition) is 3. The first-order valence-corrected chi connectivity index (χ1v) is 8.36. The van der Waals surface area contributed by atoms with Crippen molar-refractivity contribution in [3.8, 4) is 17.6 Å². The molecular formula is C19H14ClFN4O3. The molecule has 0 fully saturated rings. The fourth-order valence-corrected chi connectivity index (χ4v) is 2.60. The fraction of sp³-hybridized carbons (Fsp3) is 0.105. The number of carbonyl (C=O) groups is 1. The number of hydroxylamine groups is 1. The first-order valence-electron chi connectivity index (χ1n) is 7.98. The summed E-state index contributed by atoms with van der Waals surface area (Å²) in [5, 5.41) is 12.2. The zero-order chi connectivity index (χ0) is 20.1. The first kappa shape index (κ1) is 19.4. The average Bonchev–Trinajstić information content (AvgIpc) is 2.70. The van der Waals surface area contributed by atoms with Gasteiger partial charge in [0, 0.05) is 17.1 Å². The van der Waals surface area contributed by atoms with Crippen molar-refractivity contribution in [1.82, 2.24) is 15.4 Å². The van der Waals surface area contributed by atoms with Crippen molar-refractivity contribution in [2.24, 2.45) is 0 Å². The Bertz CT molecular complexity index is 1110. The van der Waals surface area contributed by atoms with Crippen LogP contribution >= 0.6 is 11.6 Å². The van der Waals surface area contributed by atoms with Crippen LogP contribution in [-0.2, 0) is 4.79 Å². The third kappa shape index (κ3) is 4.28. The summed E-state index contributed by atoms with van der Waals surface area (Å²) in [6, 6.07) is 7.64. The smallest absolute Gasteiger partial charge is 0.255 e. The molecule has 0 radical (unpaired) electrons. The van der Waals surface area contributed by atoms with Crippen LogP contribution in [0.4, 0.5) is 15.9 Å². The number of ether oxygens (including phenoxy) is 1. The van der Waals surface area contributed by atoms with Crippen LogP contribution in [0.3, 0.4) is 0 Å². The average molecular weight is 401 g/mol. The summed E-state index contributed by atoms with van der Waals surface area (Å²) in [6.45, 7) is 0. The lowest BCUT2D eigenvalue weighted by Crippen LogP contribution is -2.17. The Kier molecular flexibility index (Phi) is 5.89. The van der Waals surface area contributed by atoms with Gasteiger partial charge in [-0.2, -0.15) is 0 Å². The van der Waals surface area contributed by atoms with Gasteiger partial charge in [-0.05, 0) is 24.3 Å². The van der Waals surface area contributed by atoms with E-state index < -0.39 is 11.7 Å². The van der Waals surface area contributed by atoms with Crippen LogP contribution < -0.4 is 15.5 Å². The Balaban J connectivity index is 2.02. The minimum absolute atomic E-state index is 0.0150. The number of aromatic nitrogens is 2. The maximum Gasteiger partial charge on any atom is 0.255 e. The van der Waals surface area contributed by atoms with Gasteiger partial charge < -0.3 is 10.1 Å². The molecule has 7 nitrogen and oxygen atoms in total. The number of fused-ring (bicyclic) bond motifs is 1. The number of hydrogen-bond acceptors (Lipinski definition) is 6. The van der Waals surface area contributed by atoms with Crippen molar-refractivity contribution >= 4 is 39.9 Å². The van der Waals surface area contributed by atoms with Crippen LogP contribution in [0.5, 0.6) is 5.75 Å². The summed E-state index contributed by atoms with van der Waals surface area (Å²) < 4.78 is 18.7. The number of nitrogens with zero attached hydrogens (tertiary/aromatic N) is 2. The van der Waals surface area contributed by atoms with Gasteiger partial charge in [-0.15, -0.1) is 0 Å². The van der Waals surface area contributed by atoms with Gasteiger partial charge in [0.25, 0.3) is 5.91 Å². The lowest BCUT2D eigenvalue weighted by molar-refractivity contribution is -0.128. The third-order valence-corrected chi connectivity index (χ3v) is 4.03. The van der Waals surface area contributed by atoms with Gasteiger partial charge in [0.05, 0.1) is 29.6 Å². The van der Waals surface area contributed by atoms with Gasteiger partial charge in [-0.3, -0.25) is 10.0 Å². The number of amides is 1. The highest BCUT2D eigenvalue weighted by atomic mass is 35.5. The molecule has 1 aromatic heterocycles. The minimum Gasteiger partial charge on any atom is -0.495 e. The molecule has 0 saturated carbocycles. The van der Waals surface area contributed by atoms with Gasteiger partial charge in [0.15, 0.2) is 0 Å². The molecule has 0 bridgehead atoms. The summed E-state index contributed by atoms with van der Waals surface area (Å²) >= 11 is 5.82. The maximum atomic E-state index is 13.4. The van der Waals surface area contributed by atoms with E-state index in [0.29, 0.717) is 33.7 Å². The molecular weight excluding hydrogens is 387 g/mol. The number of halogens is 2. The number of carbonyl (C=O) groups excluding carboxylic acids is 1. The Labute approximate surface area is 164 Å². The Hall–Kier alpha value is -3.41. The van der Waals surface area contributed by atoms with Crippen molar-refractivity contribution in [1.29, 1.82) is 0 Å². The van der Waals surface area contributed by atoms with Crippen LogP contribution in [-0.4, -0.2) is 28.2 Å². The van der Waals surface area contributed by atoms with E-state index >= 15 is 0 Å². The van der Waals surface area contributed by atoms with Crippen molar-refractivity contribution in [3.05, 3.63) is 53.1 Å². The molecule has 1 amide bonds. The Morgan fingerprint density at radius 3 is 2.86 bits per heavy atom. The predicted octanol–water partition coefficient (Wildman–Crippen LogP) is 3.42. The standard InChI is InChI=1S/C19H14ClFN4O3/c1-28-17-9-16-13(7-11(17)3-2-4-18(26)25-27)19(23-10-22-16)24-12-5-6-15(21)14(20)8-12/h5-10,27H,4H2,1H3,(H,25,26)(H,22,23,24). The van der Waals surface area contributed by atoms with Crippen LogP contribution in [0.1, 0.15) is 12.0 Å². The third-order valence-electron chi connectivity index (χ3n) is 3.74. The number of benzene rings is 2. The molecule has 142 valence electrons. The zero-order valence-electron chi connectivity index (χ0n) is 14.6. The summed E-state index contributed by atoms with van der Waals surface area (Å²) in [4.78, 5) is 19.6. The molecule has 9 heteroatoms. The number of nitrogens with one attached hydrogen (secondary N) is 2. The molecule has 2 aromatic carbocycles. The fourth-order valence-electron chi connectivity index (χ4n) is 2.42. The van der Waals surface area contributed by atoms with Crippen LogP contribution in [0.25, 0.3) is 10.9 Å². The molecule has 0 aliphatic heterocycles. The molecule has 3 aromatic rings. The second kappa shape index (κ2) is 8.52. The predicted molar refractivity (Wildman–Crippen MR) is 102 cm³/mol. The monoisotopic (exact) mass is 400 g/mol. The van der Waals surface area contributed by atoms with E-state index in [1.165, 1.54) is 37.1 Å². The lowest BCUT2D eigenvalue weighted by Gasteiger charge is -2.11. The van der Waals surface area contributed by atoms with Crippen molar-refractivity contribution in [3.63, 3.8) is 0 Å². The van der Waals surface area contributed by atoms with E-state index in [0.717, 1.165) is 0 Å². The number of methoxy groups -OCH3 is 1. The molecule has 0 atom stereocenters. The van der Waals surface area contributed by atoms with E-state index in [1.807, 2.05) is 0 Å². The van der Waals surface area contributed by atoms with Crippen LogP contribution in [0.2, 0.25) is 5.02 Å². The molecule has 1 heterocycles. The zero-order valence-corrected chi connectivity index (χ0v) is 15.3. The quantitative estimate of drug-likeness (QED) is 0.353. The van der Waals surface area contributed by atoms with Gasteiger partial charge in [0.1, 0.15) is 23.7 Å². The summed E-state index contributed by atoms with van der Waals surface area (Å²) in [5.41, 5.74) is 3.17. The van der Waals surface area contributed by atoms with E-state index in [4.69, 9.17) is 21.5 Å². The number of anilines is 2. The topological polar surface area (TPSA) is 96.4 Å². The van der Waals surface area contributed by atoms with Gasteiger partial charge in [-0.25, -0.2) is 19.8 Å². The normalized spacial score (nSPS) is 10.1. The summed E-state index contributed by atoms with van der Waals surface area (Å²) in [5.74, 6) is 5.28. The Morgan fingerprint density at radius 2 is 2.14 bits per heavy atom. The van der Waals surface area contributed by atoms with Gasteiger partial charge in [0.2, 0.25) is 0 Å². The second-order valence-electron chi connectivity index (χ2n) is 5.56. The molecule has 3 N–H and O–H groups in total. The van der Waals surface area contributed by atoms with Crippen molar-refractivity contribution in [2.75, 3.05) is 12.4 Å². The van der Waals surface area contributed by atoms with E-state index in [-0.39, 0.29) is 11.4 Å². The Morgan fingerprint density at radius 1 is 1.32 bits per heavy atom. The first-order chi connectivity index (χ1) is 13.5. The van der Waals surface area contributed by atoms with Gasteiger partial charge in [-0.1, -0.05) is 23.4 Å². The molecule has 28 heavy (non-hydrogen) atoms. The molecule has 3 rings (SSSR count). The molecule has 0 spiro atoms. The SMILES string of the molecule is COc1cc2ncnc(Nc3ccc(F)c(Cl)c3)c2cc1C#CCC(=O)NO. The van der Waals surface area contributed by atoms with Crippen molar-refractivity contribution < 1.29 is 19.1 Å². The second-order valence-corrected chi connectivity index (χ2v) is 5.97. The van der Waals surface area contributed by atoms with Crippen LogP contribution in [0.15, 0.2) is 36.7 Å². The highest BCUT2D eigenvalue weighted by molar-refractivity contribution is 6.31. The van der Waals surface area contributed by atoms with Crippen molar-refractivity contribution in [2.45, 2.75) is 6.42 Å². The summed E-state index contributed by atoms with van der Waals surface area (Å²) in [7, 11) is 1.49. The van der Waals surface area contributed by atoms with E-state index in [9.17, 15) is 9.18 Å². The highest BCUT2D eigenvalue weighted by Gasteiger charge is 2.10. The van der Waals surface area contributed by atoms with Gasteiger partial charge >= 0.3 is 0 Å². The minimum atomic E-state index is -0.619. The van der Waals surface area contributed by atoms with Crippen LogP contribution in [0, 0.1) is 17.7 Å². The van der Waals surface area contributed by atoms with E-state index in [1.54, 1.807) is 12.1 Å². The molecule has 0 aliphatic rings. The maximum absolute atomic E-state index is 13.4. The molecule has 0 unspecified atom stereocenters. The molecule has 0 aliphatic carbocycles. The lowest BCUT2D eigenvalue weighted by atomic mass is 10.1. The van der Waals surface area contributed by atoms with E-state index in [2.05, 4.69) is 27.1 Å².